The molecule has 2 heterocycles. The van der Waals surface area contributed by atoms with E-state index in [1.54, 1.807) is 11.8 Å². The van der Waals surface area contributed by atoms with Gasteiger partial charge >= 0.3 is 5.97 Å². The molecule has 5 heteroatoms. The van der Waals surface area contributed by atoms with E-state index in [4.69, 9.17) is 4.74 Å². The van der Waals surface area contributed by atoms with Crippen LogP contribution in [0.15, 0.2) is 30.5 Å². The van der Waals surface area contributed by atoms with E-state index in [0.29, 0.717) is 26.0 Å². The monoisotopic (exact) mass is 286 g/mol. The van der Waals surface area contributed by atoms with Crippen LogP contribution in [0.1, 0.15) is 25.3 Å². The molecular formula is C16H18N2O3. The molecule has 3 rings (SSSR count). The Kier molecular flexibility index (Phi) is 3.64. The van der Waals surface area contributed by atoms with E-state index in [2.05, 4.69) is 4.98 Å². The van der Waals surface area contributed by atoms with Crippen molar-refractivity contribution in [1.29, 1.82) is 0 Å². The molecule has 0 radical (unpaired) electrons. The van der Waals surface area contributed by atoms with Gasteiger partial charge in [-0.15, -0.1) is 0 Å². The predicted octanol–water partition coefficient (Wildman–Crippen LogP) is 2.22. The third-order valence-corrected chi connectivity index (χ3v) is 3.90. The number of carbonyl (C=O) groups excluding carboxylic acids is 2. The Labute approximate surface area is 122 Å². The number of para-hydroxylation sites is 1. The Morgan fingerprint density at radius 1 is 1.43 bits per heavy atom. The van der Waals surface area contributed by atoms with Crippen LogP contribution < -0.4 is 0 Å². The van der Waals surface area contributed by atoms with Crippen LogP contribution in [0.2, 0.25) is 0 Å². The van der Waals surface area contributed by atoms with Crippen molar-refractivity contribution in [2.75, 3.05) is 6.61 Å². The van der Waals surface area contributed by atoms with E-state index in [0.717, 1.165) is 16.5 Å². The zero-order chi connectivity index (χ0) is 14.8. The number of amides is 1. The van der Waals surface area contributed by atoms with Gasteiger partial charge in [0.05, 0.1) is 6.61 Å². The fourth-order valence-electron chi connectivity index (χ4n) is 2.86. The number of benzene rings is 1. The molecule has 1 N–H and O–H groups in total. The summed E-state index contributed by atoms with van der Waals surface area (Å²) in [5.74, 6) is -0.290. The van der Waals surface area contributed by atoms with Gasteiger partial charge in [-0.05, 0) is 25.0 Å². The second-order valence-corrected chi connectivity index (χ2v) is 5.19. The first-order valence-electron chi connectivity index (χ1n) is 7.21. The normalized spacial score (nSPS) is 18.4. The van der Waals surface area contributed by atoms with Crippen molar-refractivity contribution in [2.24, 2.45) is 0 Å². The summed E-state index contributed by atoms with van der Waals surface area (Å²) in [6.45, 7) is 2.55. The Hall–Kier alpha value is -2.30. The highest BCUT2D eigenvalue weighted by atomic mass is 16.5. The maximum absolute atomic E-state index is 12.1. The third-order valence-electron chi connectivity index (χ3n) is 3.90. The van der Waals surface area contributed by atoms with Crippen molar-refractivity contribution < 1.29 is 14.3 Å². The zero-order valence-electron chi connectivity index (χ0n) is 12.0. The lowest BCUT2D eigenvalue weighted by Crippen LogP contribution is -2.39. The molecule has 1 atom stereocenters. The molecule has 21 heavy (non-hydrogen) atoms. The lowest BCUT2D eigenvalue weighted by Gasteiger charge is -2.23. The van der Waals surface area contributed by atoms with Crippen LogP contribution in [0.25, 0.3) is 10.9 Å². The Balaban J connectivity index is 1.84. The summed E-state index contributed by atoms with van der Waals surface area (Å²) < 4.78 is 5.07. The van der Waals surface area contributed by atoms with Crippen molar-refractivity contribution in [2.45, 2.75) is 32.4 Å². The fraction of sp³-hybridized carbons (Fsp3) is 0.375. The summed E-state index contributed by atoms with van der Waals surface area (Å²) in [6, 6.07) is 7.49. The number of nitrogens with one attached hydrogen (secondary N) is 1. The summed E-state index contributed by atoms with van der Waals surface area (Å²) in [4.78, 5) is 28.9. The quantitative estimate of drug-likeness (QED) is 0.877. The average molecular weight is 286 g/mol. The van der Waals surface area contributed by atoms with E-state index in [1.807, 2.05) is 30.5 Å². The highest BCUT2D eigenvalue weighted by molar-refractivity contribution is 5.89. The number of rotatable bonds is 4. The Bertz CT molecular complexity index is 677. The van der Waals surface area contributed by atoms with Gasteiger partial charge in [-0.25, -0.2) is 4.79 Å². The summed E-state index contributed by atoms with van der Waals surface area (Å²) in [7, 11) is 0. The number of likely N-dealkylation sites (tertiary alicyclic amines) is 1. The first kappa shape index (κ1) is 13.7. The largest absolute Gasteiger partial charge is 0.464 e. The Morgan fingerprint density at radius 3 is 3.05 bits per heavy atom. The van der Waals surface area contributed by atoms with E-state index >= 15 is 0 Å². The zero-order valence-corrected chi connectivity index (χ0v) is 12.0. The van der Waals surface area contributed by atoms with E-state index in [1.165, 1.54) is 0 Å². The molecule has 1 fully saturated rings. The number of H-pyrrole nitrogens is 1. The van der Waals surface area contributed by atoms with Gasteiger partial charge in [-0.2, -0.15) is 0 Å². The maximum atomic E-state index is 12.1. The predicted molar refractivity (Wildman–Crippen MR) is 78.5 cm³/mol. The van der Waals surface area contributed by atoms with Crippen molar-refractivity contribution in [3.05, 3.63) is 36.0 Å². The lowest BCUT2D eigenvalue weighted by molar-refractivity contribution is -0.151. The van der Waals surface area contributed by atoms with E-state index in [-0.39, 0.29) is 11.9 Å². The van der Waals surface area contributed by atoms with Crippen LogP contribution in [-0.2, 0) is 20.9 Å². The second kappa shape index (κ2) is 5.60. The topological polar surface area (TPSA) is 62.4 Å². The number of aromatic nitrogens is 1. The molecule has 0 bridgehead atoms. The van der Waals surface area contributed by atoms with Crippen LogP contribution in [0.4, 0.5) is 0 Å². The number of hydrogen-bond donors (Lipinski definition) is 1. The molecule has 1 aliphatic heterocycles. The second-order valence-electron chi connectivity index (χ2n) is 5.19. The van der Waals surface area contributed by atoms with Crippen LogP contribution in [-0.4, -0.2) is 34.4 Å². The molecule has 1 saturated heterocycles. The molecule has 1 amide bonds. The molecule has 0 saturated carbocycles. The molecule has 1 unspecified atom stereocenters. The molecule has 110 valence electrons. The van der Waals surface area contributed by atoms with E-state index in [9.17, 15) is 9.59 Å². The minimum Gasteiger partial charge on any atom is -0.464 e. The molecular weight excluding hydrogens is 268 g/mol. The maximum Gasteiger partial charge on any atom is 0.328 e. The van der Waals surface area contributed by atoms with Crippen molar-refractivity contribution in [3.63, 3.8) is 0 Å². The molecule has 1 aromatic carbocycles. The minimum absolute atomic E-state index is 0.0123. The van der Waals surface area contributed by atoms with Crippen LogP contribution >= 0.6 is 0 Å². The fourth-order valence-corrected chi connectivity index (χ4v) is 2.86. The number of esters is 1. The van der Waals surface area contributed by atoms with Gasteiger partial charge in [0, 0.05) is 30.1 Å². The van der Waals surface area contributed by atoms with Crippen LogP contribution in [0, 0.1) is 0 Å². The number of hydrogen-bond acceptors (Lipinski definition) is 3. The molecule has 1 aromatic heterocycles. The average Bonchev–Trinajstić information content (AvgIpc) is 3.05. The Morgan fingerprint density at radius 2 is 2.24 bits per heavy atom. The van der Waals surface area contributed by atoms with Crippen molar-refractivity contribution in [1.82, 2.24) is 9.88 Å². The number of carbonyl (C=O) groups is 2. The van der Waals surface area contributed by atoms with Gasteiger partial charge in [0.15, 0.2) is 0 Å². The van der Waals surface area contributed by atoms with Crippen LogP contribution in [0.3, 0.4) is 0 Å². The molecule has 1 aliphatic rings. The summed E-state index contributed by atoms with van der Waals surface area (Å²) in [6.07, 6.45) is 2.85. The highest BCUT2D eigenvalue weighted by Crippen LogP contribution is 2.26. The third kappa shape index (κ3) is 2.51. The van der Waals surface area contributed by atoms with Crippen molar-refractivity contribution in [3.8, 4) is 0 Å². The molecule has 0 spiro atoms. The SMILES string of the molecule is CCOC(=O)C1CCC(=O)N1Cc1c[nH]c2ccccc12. The van der Waals surface area contributed by atoms with Gasteiger partial charge in [-0.3, -0.25) is 4.79 Å². The number of ether oxygens (including phenoxy) is 1. The lowest BCUT2D eigenvalue weighted by atomic mass is 10.1. The van der Waals surface area contributed by atoms with Gasteiger partial charge in [0.1, 0.15) is 6.04 Å². The first-order chi connectivity index (χ1) is 10.2. The molecule has 5 nitrogen and oxygen atoms in total. The van der Waals surface area contributed by atoms with E-state index < -0.39 is 6.04 Å². The van der Waals surface area contributed by atoms with Crippen LogP contribution in [0.5, 0.6) is 0 Å². The number of nitrogens with zero attached hydrogens (tertiary/aromatic N) is 1. The standard InChI is InChI=1S/C16H18N2O3/c1-2-21-16(20)14-7-8-15(19)18(14)10-11-9-17-13-6-4-3-5-12(11)13/h3-6,9,14,17H,2,7-8,10H2,1H3. The van der Waals surface area contributed by atoms with Gasteiger partial charge < -0.3 is 14.6 Å². The first-order valence-corrected chi connectivity index (χ1v) is 7.21. The smallest absolute Gasteiger partial charge is 0.328 e. The minimum atomic E-state index is -0.453. The molecule has 2 aromatic rings. The number of fused-ring (bicyclic) bond motifs is 1. The van der Waals surface area contributed by atoms with Gasteiger partial charge in [0.2, 0.25) is 5.91 Å². The van der Waals surface area contributed by atoms with Gasteiger partial charge in [0.25, 0.3) is 0 Å². The summed E-state index contributed by atoms with van der Waals surface area (Å²) in [5.41, 5.74) is 2.06. The summed E-state index contributed by atoms with van der Waals surface area (Å²) in [5, 5.41) is 1.08. The van der Waals surface area contributed by atoms with Crippen molar-refractivity contribution >= 4 is 22.8 Å². The highest BCUT2D eigenvalue weighted by Gasteiger charge is 2.37. The van der Waals surface area contributed by atoms with Gasteiger partial charge in [-0.1, -0.05) is 18.2 Å². The number of aromatic amines is 1. The summed E-state index contributed by atoms with van der Waals surface area (Å²) >= 11 is 0. The molecule has 0 aliphatic carbocycles.